The summed E-state index contributed by atoms with van der Waals surface area (Å²) >= 11 is 0. The van der Waals surface area contributed by atoms with Crippen molar-refractivity contribution in [1.82, 2.24) is 15.3 Å². The summed E-state index contributed by atoms with van der Waals surface area (Å²) in [5.41, 5.74) is -0.288. The number of amides is 2. The van der Waals surface area contributed by atoms with E-state index in [0.29, 0.717) is 19.0 Å². The van der Waals surface area contributed by atoms with Gasteiger partial charge in [-0.25, -0.2) is 14.8 Å². The summed E-state index contributed by atoms with van der Waals surface area (Å²) in [4.78, 5) is 22.2. The molecule has 0 radical (unpaired) electrons. The smallest absolute Gasteiger partial charge is 0.320 e. The summed E-state index contributed by atoms with van der Waals surface area (Å²) in [6, 6.07) is 1.50. The van der Waals surface area contributed by atoms with Crippen molar-refractivity contribution in [3.63, 3.8) is 0 Å². The summed E-state index contributed by atoms with van der Waals surface area (Å²) in [6.07, 6.45) is 1.46. The average molecular weight is 279 g/mol. The molecule has 0 aromatic carbocycles. The van der Waals surface area contributed by atoms with Crippen LogP contribution in [0.2, 0.25) is 0 Å². The minimum absolute atomic E-state index is 0.274. The van der Waals surface area contributed by atoms with E-state index in [9.17, 15) is 4.79 Å². The Bertz CT molecular complexity index is 466. The molecule has 0 atom stereocenters. The Kier molecular flexibility index (Phi) is 4.39. The molecular weight excluding hydrogens is 258 g/mol. The molecule has 2 N–H and O–H groups in total. The highest BCUT2D eigenvalue weighted by atomic mass is 16.5. The lowest BCUT2D eigenvalue weighted by Crippen LogP contribution is -2.43. The van der Waals surface area contributed by atoms with Gasteiger partial charge in [-0.15, -0.1) is 0 Å². The number of carbonyl (C=O) groups is 1. The van der Waals surface area contributed by atoms with Crippen LogP contribution in [-0.2, 0) is 4.74 Å². The number of nitrogens with one attached hydrogen (secondary N) is 2. The van der Waals surface area contributed by atoms with Crippen LogP contribution >= 0.6 is 0 Å². The average Bonchev–Trinajstić information content (AvgIpc) is 2.38. The Morgan fingerprint density at radius 2 is 2.00 bits per heavy atom. The second-order valence-corrected chi connectivity index (χ2v) is 5.69. The minimum Gasteiger partial charge on any atom is -0.378 e. The van der Waals surface area contributed by atoms with Gasteiger partial charge < -0.3 is 15.0 Å². The topological polar surface area (TPSA) is 79.4 Å². The monoisotopic (exact) mass is 279 g/mol. The first-order valence-corrected chi connectivity index (χ1v) is 6.68. The van der Waals surface area contributed by atoms with Crippen molar-refractivity contribution in [2.45, 2.75) is 26.3 Å². The number of hydrogen-bond donors (Lipinski definition) is 2. The van der Waals surface area contributed by atoms with Crippen LogP contribution in [0.5, 0.6) is 0 Å². The van der Waals surface area contributed by atoms with Crippen LogP contribution in [0.1, 0.15) is 20.8 Å². The molecule has 1 aromatic heterocycles. The lowest BCUT2D eigenvalue weighted by Gasteiger charge is -2.27. The normalized spacial score (nSPS) is 15.8. The number of carbonyl (C=O) groups excluding carboxylic acids is 1. The van der Waals surface area contributed by atoms with Crippen molar-refractivity contribution in [2.24, 2.45) is 0 Å². The van der Waals surface area contributed by atoms with E-state index in [4.69, 9.17) is 4.74 Å². The van der Waals surface area contributed by atoms with E-state index in [1.807, 2.05) is 20.8 Å². The molecule has 2 amide bonds. The Balaban J connectivity index is 2.00. The SMILES string of the molecule is CC(C)(C)NC(=O)Nc1cc(N2CCOCC2)ncn1. The molecule has 110 valence electrons. The lowest BCUT2D eigenvalue weighted by molar-refractivity contribution is 0.122. The van der Waals surface area contributed by atoms with Crippen molar-refractivity contribution in [2.75, 3.05) is 36.5 Å². The number of anilines is 2. The first-order valence-electron chi connectivity index (χ1n) is 6.68. The maximum Gasteiger partial charge on any atom is 0.320 e. The number of nitrogens with zero attached hydrogens (tertiary/aromatic N) is 3. The van der Waals surface area contributed by atoms with Gasteiger partial charge in [0.15, 0.2) is 0 Å². The highest BCUT2D eigenvalue weighted by molar-refractivity contribution is 5.89. The molecule has 7 nitrogen and oxygen atoms in total. The van der Waals surface area contributed by atoms with Crippen molar-refractivity contribution >= 4 is 17.7 Å². The minimum atomic E-state index is -0.288. The second-order valence-electron chi connectivity index (χ2n) is 5.69. The second kappa shape index (κ2) is 6.04. The van der Waals surface area contributed by atoms with Gasteiger partial charge in [0.2, 0.25) is 0 Å². The van der Waals surface area contributed by atoms with Crippen LogP contribution in [0.3, 0.4) is 0 Å². The molecule has 0 spiro atoms. The van der Waals surface area contributed by atoms with Crippen molar-refractivity contribution in [3.8, 4) is 0 Å². The van der Waals surface area contributed by atoms with E-state index in [1.54, 1.807) is 6.07 Å². The van der Waals surface area contributed by atoms with Crippen LogP contribution < -0.4 is 15.5 Å². The van der Waals surface area contributed by atoms with Gasteiger partial charge in [-0.05, 0) is 20.8 Å². The van der Waals surface area contributed by atoms with Gasteiger partial charge in [0, 0.05) is 24.7 Å². The fraction of sp³-hybridized carbons (Fsp3) is 0.615. The molecule has 20 heavy (non-hydrogen) atoms. The molecule has 2 heterocycles. The summed E-state index contributed by atoms with van der Waals surface area (Å²) < 4.78 is 5.31. The summed E-state index contributed by atoms with van der Waals surface area (Å²) in [6.45, 7) is 8.74. The predicted octanol–water partition coefficient (Wildman–Crippen LogP) is 1.23. The van der Waals surface area contributed by atoms with Gasteiger partial charge in [-0.2, -0.15) is 0 Å². The van der Waals surface area contributed by atoms with Crippen molar-refractivity contribution in [1.29, 1.82) is 0 Å². The zero-order chi connectivity index (χ0) is 14.6. The van der Waals surface area contributed by atoms with Crippen LogP contribution in [0.25, 0.3) is 0 Å². The van der Waals surface area contributed by atoms with Crippen molar-refractivity contribution in [3.05, 3.63) is 12.4 Å². The summed E-state index contributed by atoms with van der Waals surface area (Å²) in [7, 11) is 0. The molecule has 0 unspecified atom stereocenters. The molecule has 1 saturated heterocycles. The molecule has 1 fully saturated rings. The highest BCUT2D eigenvalue weighted by Crippen LogP contribution is 2.15. The highest BCUT2D eigenvalue weighted by Gasteiger charge is 2.16. The Morgan fingerprint density at radius 3 is 2.65 bits per heavy atom. The van der Waals surface area contributed by atoms with E-state index in [2.05, 4.69) is 25.5 Å². The summed E-state index contributed by atoms with van der Waals surface area (Å²) in [5, 5.41) is 5.54. The third-order valence-electron chi connectivity index (χ3n) is 2.72. The van der Waals surface area contributed by atoms with Crippen LogP contribution in [0.15, 0.2) is 12.4 Å². The maximum atomic E-state index is 11.8. The third kappa shape index (κ3) is 4.34. The fourth-order valence-electron chi connectivity index (χ4n) is 1.87. The van der Waals surface area contributed by atoms with Gasteiger partial charge in [0.25, 0.3) is 0 Å². The first-order chi connectivity index (χ1) is 9.44. The lowest BCUT2D eigenvalue weighted by atomic mass is 10.1. The molecule has 1 aliphatic heterocycles. The number of urea groups is 1. The standard InChI is InChI=1S/C13H21N5O2/c1-13(2,3)17-12(19)16-10-8-11(15-9-14-10)18-4-6-20-7-5-18/h8-9H,4-7H2,1-3H3,(H2,14,15,16,17,19). The van der Waals surface area contributed by atoms with E-state index >= 15 is 0 Å². The van der Waals surface area contributed by atoms with Crippen molar-refractivity contribution < 1.29 is 9.53 Å². The van der Waals surface area contributed by atoms with Crippen LogP contribution in [0, 0.1) is 0 Å². The van der Waals surface area contributed by atoms with Crippen LogP contribution in [0.4, 0.5) is 16.4 Å². The molecule has 0 bridgehead atoms. The third-order valence-corrected chi connectivity index (χ3v) is 2.72. The first kappa shape index (κ1) is 14.5. The molecule has 1 aromatic rings. The van der Waals surface area contributed by atoms with E-state index in [-0.39, 0.29) is 11.6 Å². The zero-order valence-electron chi connectivity index (χ0n) is 12.1. The Hall–Kier alpha value is -1.89. The van der Waals surface area contributed by atoms with Gasteiger partial charge >= 0.3 is 6.03 Å². The largest absolute Gasteiger partial charge is 0.378 e. The quantitative estimate of drug-likeness (QED) is 0.851. The number of hydrogen-bond acceptors (Lipinski definition) is 5. The number of aromatic nitrogens is 2. The van der Waals surface area contributed by atoms with Gasteiger partial charge in [0.1, 0.15) is 18.0 Å². The molecule has 7 heteroatoms. The van der Waals surface area contributed by atoms with Gasteiger partial charge in [0.05, 0.1) is 13.2 Å². The fourth-order valence-corrected chi connectivity index (χ4v) is 1.87. The molecule has 2 rings (SSSR count). The van der Waals surface area contributed by atoms with E-state index in [1.165, 1.54) is 6.33 Å². The number of ether oxygens (including phenoxy) is 1. The van der Waals surface area contributed by atoms with E-state index < -0.39 is 0 Å². The number of rotatable bonds is 2. The number of morpholine rings is 1. The predicted molar refractivity (Wildman–Crippen MR) is 77.0 cm³/mol. The van der Waals surface area contributed by atoms with E-state index in [0.717, 1.165) is 18.9 Å². The van der Waals surface area contributed by atoms with Gasteiger partial charge in [-0.3, -0.25) is 5.32 Å². The Labute approximate surface area is 118 Å². The molecule has 1 aliphatic rings. The van der Waals surface area contributed by atoms with Crippen LogP contribution in [-0.4, -0.2) is 47.8 Å². The Morgan fingerprint density at radius 1 is 1.30 bits per heavy atom. The maximum absolute atomic E-state index is 11.8. The summed E-state index contributed by atoms with van der Waals surface area (Å²) in [5.74, 6) is 1.29. The molecule has 0 aliphatic carbocycles. The molecular formula is C13H21N5O2. The zero-order valence-corrected chi connectivity index (χ0v) is 12.1. The van der Waals surface area contributed by atoms with Gasteiger partial charge in [-0.1, -0.05) is 0 Å². The molecule has 0 saturated carbocycles.